The summed E-state index contributed by atoms with van der Waals surface area (Å²) in [6, 6.07) is 20.3. The molecule has 0 amide bonds. The highest BCUT2D eigenvalue weighted by molar-refractivity contribution is 5.30. The molecule has 0 saturated carbocycles. The molecule has 200 valence electrons. The van der Waals surface area contributed by atoms with E-state index in [-0.39, 0.29) is 0 Å². The number of hydrogen-bond acceptors (Lipinski definition) is 8. The molecule has 4 aromatic rings. The van der Waals surface area contributed by atoms with Crippen molar-refractivity contribution in [3.05, 3.63) is 84.4 Å². The molecule has 5 rings (SSSR count). The van der Waals surface area contributed by atoms with Crippen molar-refractivity contribution in [2.24, 2.45) is 0 Å². The Morgan fingerprint density at radius 1 is 0.553 bits per heavy atom. The summed E-state index contributed by atoms with van der Waals surface area (Å²) in [6.45, 7) is 9.58. The van der Waals surface area contributed by atoms with Crippen molar-refractivity contribution in [2.75, 3.05) is 52.4 Å². The third-order valence-corrected chi connectivity index (χ3v) is 6.76. The maximum absolute atomic E-state index is 4.42. The van der Waals surface area contributed by atoms with E-state index in [0.29, 0.717) is 0 Å². The van der Waals surface area contributed by atoms with E-state index in [4.69, 9.17) is 0 Å². The summed E-state index contributed by atoms with van der Waals surface area (Å²) in [5.74, 6) is 0. The van der Waals surface area contributed by atoms with E-state index in [0.717, 1.165) is 101 Å². The molecule has 1 aliphatic heterocycles. The van der Waals surface area contributed by atoms with Gasteiger partial charge in [-0.25, -0.2) is 9.36 Å². The standard InChI is InChI=1S/C28H38N10/c1-3-9-27(10-4-1)37-23-25(31-33-37)21-35-17-7-13-30-16-20-36(18-8-14-29-15-19-35)22-26-24-38(34-32-26)28-11-5-2-6-12-28/h1-6,9-12,23-24,29-30H,7-8,13-22H2. The Labute approximate surface area is 224 Å². The Balaban J connectivity index is 1.10. The molecule has 2 N–H and O–H groups in total. The van der Waals surface area contributed by atoms with Crippen LogP contribution in [0.25, 0.3) is 11.4 Å². The van der Waals surface area contributed by atoms with Crippen molar-refractivity contribution in [1.82, 2.24) is 50.4 Å². The molecule has 10 nitrogen and oxygen atoms in total. The van der Waals surface area contributed by atoms with Gasteiger partial charge in [0.25, 0.3) is 0 Å². The average molecular weight is 515 g/mol. The first kappa shape index (κ1) is 26.2. The molecular weight excluding hydrogens is 476 g/mol. The Hall–Kier alpha value is -3.44. The lowest BCUT2D eigenvalue weighted by molar-refractivity contribution is 0.238. The minimum atomic E-state index is 0.811. The topological polar surface area (TPSA) is 92.0 Å². The average Bonchev–Trinajstić information content (AvgIpc) is 3.63. The minimum Gasteiger partial charge on any atom is -0.315 e. The number of nitrogens with one attached hydrogen (secondary N) is 2. The highest BCUT2D eigenvalue weighted by atomic mass is 15.4. The monoisotopic (exact) mass is 514 g/mol. The maximum atomic E-state index is 4.42. The predicted octanol–water partition coefficient (Wildman–Crippen LogP) is 2.13. The second-order valence-corrected chi connectivity index (χ2v) is 9.74. The summed E-state index contributed by atoms with van der Waals surface area (Å²) in [5.41, 5.74) is 4.08. The first-order valence-electron chi connectivity index (χ1n) is 13.6. The third kappa shape index (κ3) is 7.78. The smallest absolute Gasteiger partial charge is 0.0971 e. The summed E-state index contributed by atoms with van der Waals surface area (Å²) >= 11 is 0. The van der Waals surface area contributed by atoms with Crippen molar-refractivity contribution >= 4 is 0 Å². The molecule has 0 spiro atoms. The molecule has 38 heavy (non-hydrogen) atoms. The highest BCUT2D eigenvalue weighted by Gasteiger charge is 2.12. The Morgan fingerprint density at radius 2 is 1.00 bits per heavy atom. The van der Waals surface area contributed by atoms with Gasteiger partial charge in [-0.3, -0.25) is 9.80 Å². The molecule has 0 atom stereocenters. The van der Waals surface area contributed by atoms with Crippen molar-refractivity contribution in [3.63, 3.8) is 0 Å². The van der Waals surface area contributed by atoms with Gasteiger partial charge in [-0.2, -0.15) is 0 Å². The van der Waals surface area contributed by atoms with Crippen LogP contribution >= 0.6 is 0 Å². The quantitative estimate of drug-likeness (QED) is 0.404. The number of aromatic nitrogens is 6. The fourth-order valence-corrected chi connectivity index (χ4v) is 4.73. The summed E-state index contributed by atoms with van der Waals surface area (Å²) < 4.78 is 3.71. The van der Waals surface area contributed by atoms with E-state index in [1.807, 2.05) is 82.4 Å². The number of nitrogens with zero attached hydrogens (tertiary/aromatic N) is 8. The van der Waals surface area contributed by atoms with Crippen molar-refractivity contribution in [2.45, 2.75) is 25.9 Å². The molecule has 1 aliphatic rings. The number of hydrogen-bond donors (Lipinski definition) is 2. The van der Waals surface area contributed by atoms with E-state index in [2.05, 4.69) is 41.1 Å². The van der Waals surface area contributed by atoms with E-state index in [1.54, 1.807) is 0 Å². The second-order valence-electron chi connectivity index (χ2n) is 9.74. The van der Waals surface area contributed by atoms with Crippen molar-refractivity contribution in [1.29, 1.82) is 0 Å². The van der Waals surface area contributed by atoms with Crippen LogP contribution in [0.2, 0.25) is 0 Å². The van der Waals surface area contributed by atoms with Gasteiger partial charge in [0.05, 0.1) is 35.2 Å². The first-order chi connectivity index (χ1) is 18.8. The largest absolute Gasteiger partial charge is 0.315 e. The lowest BCUT2D eigenvalue weighted by Gasteiger charge is -2.24. The summed E-state index contributed by atoms with van der Waals surface area (Å²) in [5, 5.41) is 24.8. The van der Waals surface area contributed by atoms with Gasteiger partial charge in [0.2, 0.25) is 0 Å². The SMILES string of the molecule is c1ccc(-n2cc(CN3CCCNCCN(Cc4cn(-c5ccccc5)nn4)CCCNCC3)nn2)cc1. The van der Waals surface area contributed by atoms with Gasteiger partial charge in [0, 0.05) is 39.3 Å². The van der Waals surface area contributed by atoms with Crippen molar-refractivity contribution < 1.29 is 0 Å². The molecular formula is C28H38N10. The van der Waals surface area contributed by atoms with E-state index in [1.165, 1.54) is 0 Å². The molecule has 0 bridgehead atoms. The predicted molar refractivity (Wildman–Crippen MR) is 148 cm³/mol. The van der Waals surface area contributed by atoms with E-state index >= 15 is 0 Å². The zero-order valence-corrected chi connectivity index (χ0v) is 22.0. The molecule has 10 heteroatoms. The summed E-state index contributed by atoms with van der Waals surface area (Å²) in [6.07, 6.45) is 6.27. The van der Waals surface area contributed by atoms with Crippen molar-refractivity contribution in [3.8, 4) is 11.4 Å². The second kappa shape index (κ2) is 13.9. The first-order valence-corrected chi connectivity index (χ1v) is 13.6. The van der Waals surface area contributed by atoms with E-state index in [9.17, 15) is 0 Å². The maximum Gasteiger partial charge on any atom is 0.0971 e. The van der Waals surface area contributed by atoms with Crippen LogP contribution in [0, 0.1) is 0 Å². The fourth-order valence-electron chi connectivity index (χ4n) is 4.73. The number of para-hydroxylation sites is 2. The number of benzene rings is 2. The Kier molecular flexibility index (Phi) is 9.59. The Bertz CT molecular complexity index is 1090. The van der Waals surface area contributed by atoms with Crippen LogP contribution in [0.1, 0.15) is 24.2 Å². The van der Waals surface area contributed by atoms with Crippen LogP contribution in [0.4, 0.5) is 0 Å². The molecule has 3 heterocycles. The lowest BCUT2D eigenvalue weighted by atomic mass is 10.3. The van der Waals surface area contributed by atoms with Gasteiger partial charge in [-0.15, -0.1) is 10.2 Å². The molecule has 0 radical (unpaired) electrons. The van der Waals surface area contributed by atoms with Crippen LogP contribution < -0.4 is 10.6 Å². The number of rotatable bonds is 6. The molecule has 0 aliphatic carbocycles. The van der Waals surface area contributed by atoms with Gasteiger partial charge >= 0.3 is 0 Å². The molecule has 2 aromatic heterocycles. The van der Waals surface area contributed by atoms with Gasteiger partial charge in [0.1, 0.15) is 0 Å². The van der Waals surface area contributed by atoms with Gasteiger partial charge in [0.15, 0.2) is 0 Å². The molecule has 0 unspecified atom stereocenters. The molecule has 1 saturated heterocycles. The fraction of sp³-hybridized carbons (Fsp3) is 0.429. The summed E-state index contributed by atoms with van der Waals surface area (Å²) in [7, 11) is 0. The van der Waals surface area contributed by atoms with Crippen LogP contribution in [0.3, 0.4) is 0 Å². The van der Waals surface area contributed by atoms with Gasteiger partial charge in [-0.05, 0) is 63.3 Å². The lowest BCUT2D eigenvalue weighted by Crippen LogP contribution is -2.38. The normalized spacial score (nSPS) is 17.3. The van der Waals surface area contributed by atoms with Crippen LogP contribution in [-0.2, 0) is 13.1 Å². The van der Waals surface area contributed by atoms with Gasteiger partial charge < -0.3 is 10.6 Å². The molecule has 1 fully saturated rings. The van der Waals surface area contributed by atoms with Crippen LogP contribution in [-0.4, -0.2) is 92.1 Å². The Morgan fingerprint density at radius 3 is 1.45 bits per heavy atom. The summed E-state index contributed by atoms with van der Waals surface area (Å²) in [4.78, 5) is 4.95. The van der Waals surface area contributed by atoms with Gasteiger partial charge in [-0.1, -0.05) is 46.8 Å². The third-order valence-electron chi connectivity index (χ3n) is 6.76. The van der Waals surface area contributed by atoms with E-state index < -0.39 is 0 Å². The van der Waals surface area contributed by atoms with Crippen LogP contribution in [0.5, 0.6) is 0 Å². The zero-order chi connectivity index (χ0) is 25.8. The zero-order valence-electron chi connectivity index (χ0n) is 22.0. The minimum absolute atomic E-state index is 0.811. The highest BCUT2D eigenvalue weighted by Crippen LogP contribution is 2.09. The molecule has 2 aromatic carbocycles. The van der Waals surface area contributed by atoms with Crippen LogP contribution in [0.15, 0.2) is 73.1 Å².